The van der Waals surface area contributed by atoms with Crippen molar-refractivity contribution in [2.24, 2.45) is 0 Å². The molecule has 3 unspecified atom stereocenters. The predicted molar refractivity (Wildman–Crippen MR) is 176 cm³/mol. The second-order valence-electron chi connectivity index (χ2n) is 11.9. The first-order valence-electron chi connectivity index (χ1n) is 14.8. The summed E-state index contributed by atoms with van der Waals surface area (Å²) in [5.74, 6) is -1.15. The summed E-state index contributed by atoms with van der Waals surface area (Å²) in [5.41, 5.74) is 1.36. The van der Waals surface area contributed by atoms with Crippen LogP contribution in [-0.2, 0) is 36.1 Å². The van der Waals surface area contributed by atoms with Crippen LogP contribution in [0.3, 0.4) is 0 Å². The molecule has 14 nitrogen and oxygen atoms in total. The lowest BCUT2D eigenvalue weighted by Gasteiger charge is -2.30. The van der Waals surface area contributed by atoms with Crippen molar-refractivity contribution in [3.8, 4) is 5.75 Å². The van der Waals surface area contributed by atoms with Crippen molar-refractivity contribution >= 4 is 54.2 Å². The highest BCUT2D eigenvalue weighted by Gasteiger charge is 2.54. The number of benzene rings is 2. The van der Waals surface area contributed by atoms with Crippen LogP contribution >= 0.6 is 31.1 Å². The van der Waals surface area contributed by atoms with Crippen LogP contribution in [0.25, 0.3) is 11.2 Å². The molecule has 0 saturated carbocycles. The molecule has 4 aromatic rings. The summed E-state index contributed by atoms with van der Waals surface area (Å²) in [7, 11) is -4.63. The van der Waals surface area contributed by atoms with Gasteiger partial charge in [0.05, 0.1) is 18.5 Å². The summed E-state index contributed by atoms with van der Waals surface area (Å²) >= 11 is 7.24. The Morgan fingerprint density at radius 3 is 2.54 bits per heavy atom. The summed E-state index contributed by atoms with van der Waals surface area (Å²) in [6.07, 6.45) is -5.82. The van der Waals surface area contributed by atoms with Crippen LogP contribution in [-0.4, -0.2) is 71.9 Å². The Balaban J connectivity index is 1.36. The van der Waals surface area contributed by atoms with E-state index in [9.17, 15) is 32.7 Å². The molecule has 20 heteroatoms. The standard InChI is InChI=1S/C30H33ClF3N6O8PS/c1-28(2,26(42)45-13-16-7-5-6-8-19(16)30(32,33)34)39-49(44,48-18-11-9-17(31)10-12-18)46-14-20-22(41)29(3,43)25(47-20)40-15-36-21-23(40)37-27(35)38-24(21)50-4/h5-12,15,20,22,25,41,43H,13-14H2,1-4H3,(H,39,44)(H2,35,37,38)/t20?,22-,25?,29-,49?/m1/s1. The molecule has 1 aliphatic heterocycles. The van der Waals surface area contributed by atoms with E-state index in [1.807, 2.05) is 0 Å². The number of rotatable bonds is 12. The summed E-state index contributed by atoms with van der Waals surface area (Å²) < 4.78 is 78.6. The molecule has 2 aromatic heterocycles. The van der Waals surface area contributed by atoms with Crippen LogP contribution in [0.1, 0.15) is 38.1 Å². The van der Waals surface area contributed by atoms with Gasteiger partial charge in [0.1, 0.15) is 46.2 Å². The van der Waals surface area contributed by atoms with Crippen molar-refractivity contribution in [2.45, 2.75) is 68.2 Å². The van der Waals surface area contributed by atoms with Gasteiger partial charge < -0.3 is 29.9 Å². The Morgan fingerprint density at radius 1 is 1.20 bits per heavy atom. The molecular formula is C30H33ClF3N6O8PS. The van der Waals surface area contributed by atoms with Crippen LogP contribution in [0.5, 0.6) is 5.75 Å². The number of imidazole rings is 1. The number of anilines is 1. The molecule has 0 spiro atoms. The number of alkyl halides is 3. The molecule has 50 heavy (non-hydrogen) atoms. The zero-order chi connectivity index (χ0) is 36.6. The Hall–Kier alpha value is -3.48. The van der Waals surface area contributed by atoms with E-state index in [4.69, 9.17) is 35.9 Å². The SMILES string of the molecule is CSc1nc(N)nc2c1ncn2C1OC(COP(=O)(NC(C)(C)C(=O)OCc2ccccc2C(F)(F)F)Oc2ccc(Cl)cc2)[C@@H](O)[C@@]1(C)O. The number of aliphatic hydroxyl groups excluding tert-OH is 1. The number of ether oxygens (including phenoxy) is 2. The van der Waals surface area contributed by atoms with Gasteiger partial charge in [-0.3, -0.25) is 13.9 Å². The third-order valence-electron chi connectivity index (χ3n) is 7.66. The molecule has 2 aromatic carbocycles. The Morgan fingerprint density at radius 2 is 1.88 bits per heavy atom. The van der Waals surface area contributed by atoms with Gasteiger partial charge in [-0.1, -0.05) is 29.8 Å². The van der Waals surface area contributed by atoms with Gasteiger partial charge in [0.2, 0.25) is 5.95 Å². The number of hydrogen-bond acceptors (Lipinski definition) is 13. The molecule has 0 aliphatic carbocycles. The van der Waals surface area contributed by atoms with Crippen LogP contribution < -0.4 is 15.3 Å². The van der Waals surface area contributed by atoms with E-state index in [1.165, 1.54) is 85.9 Å². The summed E-state index contributed by atoms with van der Waals surface area (Å²) in [6, 6.07) is 10.2. The van der Waals surface area contributed by atoms with Crippen molar-refractivity contribution in [2.75, 3.05) is 18.6 Å². The molecule has 0 bridgehead atoms. The average molecular weight is 761 g/mol. The summed E-state index contributed by atoms with van der Waals surface area (Å²) in [5, 5.41) is 25.8. The second kappa shape index (κ2) is 14.3. The number of fused-ring (bicyclic) bond motifs is 1. The molecule has 0 amide bonds. The lowest BCUT2D eigenvalue weighted by Crippen LogP contribution is -2.47. The van der Waals surface area contributed by atoms with E-state index in [0.29, 0.717) is 15.6 Å². The number of thioether (sulfide) groups is 1. The largest absolute Gasteiger partial charge is 0.459 e. The fourth-order valence-electron chi connectivity index (χ4n) is 5.12. The first kappa shape index (κ1) is 37.8. The Bertz CT molecular complexity index is 1920. The minimum absolute atomic E-state index is 0.00183. The summed E-state index contributed by atoms with van der Waals surface area (Å²) in [6.45, 7) is 2.43. The number of nitrogens with one attached hydrogen (secondary N) is 1. The van der Waals surface area contributed by atoms with Crippen molar-refractivity contribution in [3.05, 3.63) is 71.0 Å². The molecule has 5 atom stereocenters. The number of aliphatic hydroxyl groups is 2. The van der Waals surface area contributed by atoms with Crippen molar-refractivity contribution in [1.82, 2.24) is 24.6 Å². The molecule has 1 fully saturated rings. The van der Waals surface area contributed by atoms with Crippen LogP contribution in [0, 0.1) is 0 Å². The maximum Gasteiger partial charge on any atom is 0.459 e. The van der Waals surface area contributed by atoms with Crippen molar-refractivity contribution < 1.29 is 51.3 Å². The highest BCUT2D eigenvalue weighted by atomic mass is 35.5. The number of nitrogens with zero attached hydrogens (tertiary/aromatic N) is 4. The van der Waals surface area contributed by atoms with Crippen LogP contribution in [0.2, 0.25) is 5.02 Å². The molecule has 270 valence electrons. The Labute approximate surface area is 293 Å². The van der Waals surface area contributed by atoms with Crippen LogP contribution in [0.4, 0.5) is 19.1 Å². The zero-order valence-corrected chi connectivity index (χ0v) is 29.4. The number of halogens is 4. The lowest BCUT2D eigenvalue weighted by molar-refractivity contribution is -0.152. The van der Waals surface area contributed by atoms with Gasteiger partial charge in [-0.05, 0) is 57.4 Å². The Kier molecular flexibility index (Phi) is 10.8. The fourth-order valence-corrected chi connectivity index (χ4v) is 7.45. The number of nitrogens with two attached hydrogens (primary N) is 1. The van der Waals surface area contributed by atoms with Gasteiger partial charge in [-0.15, -0.1) is 11.8 Å². The third kappa shape index (κ3) is 8.02. The van der Waals surface area contributed by atoms with Gasteiger partial charge in [-0.2, -0.15) is 23.2 Å². The van der Waals surface area contributed by atoms with Gasteiger partial charge in [0.25, 0.3) is 0 Å². The summed E-state index contributed by atoms with van der Waals surface area (Å²) in [4.78, 5) is 25.9. The quantitative estimate of drug-likeness (QED) is 0.0643. The van der Waals surface area contributed by atoms with Crippen molar-refractivity contribution in [1.29, 1.82) is 0 Å². The van der Waals surface area contributed by atoms with Gasteiger partial charge in [0, 0.05) is 10.6 Å². The van der Waals surface area contributed by atoms with Gasteiger partial charge in [-0.25, -0.2) is 14.5 Å². The normalized spacial score (nSPS) is 22.4. The molecule has 1 saturated heterocycles. The lowest BCUT2D eigenvalue weighted by atomic mass is 9.96. The van der Waals surface area contributed by atoms with Gasteiger partial charge in [0.15, 0.2) is 11.9 Å². The minimum atomic E-state index is -4.69. The van der Waals surface area contributed by atoms with E-state index >= 15 is 0 Å². The zero-order valence-electron chi connectivity index (χ0n) is 26.9. The molecule has 1 aliphatic rings. The molecular weight excluding hydrogens is 728 g/mol. The molecule has 0 radical (unpaired) electrons. The fraction of sp³-hybridized carbons (Fsp3) is 0.400. The number of esters is 1. The monoisotopic (exact) mass is 760 g/mol. The maximum absolute atomic E-state index is 14.3. The molecule has 5 N–H and O–H groups in total. The predicted octanol–water partition coefficient (Wildman–Crippen LogP) is 5.13. The first-order chi connectivity index (χ1) is 23.3. The number of hydrogen-bond donors (Lipinski definition) is 4. The van der Waals surface area contributed by atoms with Crippen LogP contribution in [0.15, 0.2) is 59.9 Å². The van der Waals surface area contributed by atoms with Crippen molar-refractivity contribution in [3.63, 3.8) is 0 Å². The molecule has 5 rings (SSSR count). The maximum atomic E-state index is 14.3. The number of nitrogen functional groups attached to an aromatic ring is 1. The number of carbonyl (C=O) groups is 1. The first-order valence-corrected chi connectivity index (χ1v) is 17.9. The average Bonchev–Trinajstić information content (AvgIpc) is 3.55. The topological polar surface area (TPSA) is 193 Å². The van der Waals surface area contributed by atoms with Gasteiger partial charge >= 0.3 is 19.9 Å². The highest BCUT2D eigenvalue weighted by molar-refractivity contribution is 7.98. The van der Waals surface area contributed by atoms with E-state index in [0.717, 1.165) is 6.07 Å². The van der Waals surface area contributed by atoms with E-state index < -0.39 is 68.2 Å². The van der Waals surface area contributed by atoms with E-state index in [-0.39, 0.29) is 22.9 Å². The second-order valence-corrected chi connectivity index (χ2v) is 14.8. The third-order valence-corrected chi connectivity index (χ3v) is 10.4. The highest BCUT2D eigenvalue weighted by Crippen LogP contribution is 2.49. The van der Waals surface area contributed by atoms with E-state index in [2.05, 4.69) is 20.0 Å². The number of aromatic nitrogens is 4. The molecule has 3 heterocycles. The minimum Gasteiger partial charge on any atom is -0.459 e. The number of carbonyl (C=O) groups excluding carboxylic acids is 1. The smallest absolute Gasteiger partial charge is 0.459 e. The van der Waals surface area contributed by atoms with E-state index in [1.54, 1.807) is 6.26 Å².